The van der Waals surface area contributed by atoms with Crippen molar-refractivity contribution in [2.24, 2.45) is 11.8 Å². The highest BCUT2D eigenvalue weighted by atomic mass is 35.5. The summed E-state index contributed by atoms with van der Waals surface area (Å²) in [6, 6.07) is 3.90. The van der Waals surface area contributed by atoms with Crippen LogP contribution in [0.4, 0.5) is 5.69 Å². The lowest BCUT2D eigenvalue weighted by Gasteiger charge is -2.33. The third-order valence-corrected chi connectivity index (χ3v) is 6.09. The largest absolute Gasteiger partial charge is 0.342 e. The van der Waals surface area contributed by atoms with Crippen molar-refractivity contribution in [2.75, 3.05) is 18.4 Å². The van der Waals surface area contributed by atoms with Gasteiger partial charge >= 0.3 is 0 Å². The van der Waals surface area contributed by atoms with E-state index >= 15 is 0 Å². The molecule has 1 aromatic rings. The minimum absolute atomic E-state index is 0.0303. The molecule has 1 aromatic carbocycles. The summed E-state index contributed by atoms with van der Waals surface area (Å²) in [4.78, 5) is 27.4. The van der Waals surface area contributed by atoms with E-state index in [-0.39, 0.29) is 17.7 Å². The highest BCUT2D eigenvalue weighted by Crippen LogP contribution is 2.33. The monoisotopic (exact) mass is 376 g/mol. The van der Waals surface area contributed by atoms with Crippen LogP contribution in [-0.4, -0.2) is 29.8 Å². The summed E-state index contributed by atoms with van der Waals surface area (Å²) in [6.07, 6.45) is 6.66. The number of likely N-dealkylation sites (tertiary alicyclic amines) is 1. The molecule has 4 nitrogen and oxygen atoms in total. The van der Waals surface area contributed by atoms with Crippen molar-refractivity contribution in [3.63, 3.8) is 0 Å². The van der Waals surface area contributed by atoms with Gasteiger partial charge in [-0.15, -0.1) is 0 Å². The van der Waals surface area contributed by atoms with Crippen LogP contribution in [0.15, 0.2) is 12.1 Å². The molecule has 0 bridgehead atoms. The van der Waals surface area contributed by atoms with Crippen LogP contribution in [0.3, 0.4) is 0 Å². The zero-order valence-electron chi connectivity index (χ0n) is 15.8. The summed E-state index contributed by atoms with van der Waals surface area (Å²) in [5.74, 6) is 0.405. The highest BCUT2D eigenvalue weighted by molar-refractivity contribution is 6.34. The van der Waals surface area contributed by atoms with Gasteiger partial charge in [-0.25, -0.2) is 0 Å². The summed E-state index contributed by atoms with van der Waals surface area (Å²) in [5, 5.41) is 3.60. The third kappa shape index (κ3) is 4.40. The Balaban J connectivity index is 1.54. The Kier molecular flexibility index (Phi) is 6.23. The van der Waals surface area contributed by atoms with E-state index in [0.29, 0.717) is 16.6 Å². The fourth-order valence-corrected chi connectivity index (χ4v) is 4.64. The predicted octanol–water partition coefficient (Wildman–Crippen LogP) is 4.71. The van der Waals surface area contributed by atoms with E-state index in [0.717, 1.165) is 62.7 Å². The van der Waals surface area contributed by atoms with Gasteiger partial charge < -0.3 is 10.2 Å². The molecule has 2 fully saturated rings. The molecule has 142 valence electrons. The van der Waals surface area contributed by atoms with Crippen molar-refractivity contribution in [3.8, 4) is 0 Å². The van der Waals surface area contributed by atoms with Crippen LogP contribution < -0.4 is 5.32 Å². The van der Waals surface area contributed by atoms with Crippen molar-refractivity contribution >= 4 is 29.1 Å². The molecule has 1 heterocycles. The van der Waals surface area contributed by atoms with Gasteiger partial charge in [-0.2, -0.15) is 0 Å². The maximum Gasteiger partial charge on any atom is 0.227 e. The van der Waals surface area contributed by atoms with Crippen LogP contribution >= 0.6 is 11.6 Å². The molecule has 3 rings (SSSR count). The molecule has 1 aliphatic carbocycles. The number of benzene rings is 1. The van der Waals surface area contributed by atoms with Gasteiger partial charge in [0.1, 0.15) is 0 Å². The maximum atomic E-state index is 12.7. The predicted molar refractivity (Wildman–Crippen MR) is 105 cm³/mol. The number of aryl methyl sites for hydroxylation is 2. The topological polar surface area (TPSA) is 49.4 Å². The fourth-order valence-electron chi connectivity index (χ4n) is 4.27. The minimum atomic E-state index is -0.0304. The van der Waals surface area contributed by atoms with Crippen molar-refractivity contribution in [1.82, 2.24) is 4.90 Å². The number of hydrogen-bond acceptors (Lipinski definition) is 2. The van der Waals surface area contributed by atoms with Crippen LogP contribution in [-0.2, 0) is 9.59 Å². The van der Waals surface area contributed by atoms with E-state index in [1.807, 2.05) is 30.9 Å². The molecule has 1 saturated carbocycles. The molecule has 2 aliphatic rings. The molecular formula is C21H29ClN2O2. The van der Waals surface area contributed by atoms with E-state index < -0.39 is 0 Å². The molecule has 2 amide bonds. The lowest BCUT2D eigenvalue weighted by Crippen LogP contribution is -2.41. The Hall–Kier alpha value is -1.55. The number of carbonyl (C=O) groups excluding carboxylic acids is 2. The van der Waals surface area contributed by atoms with Crippen molar-refractivity contribution < 1.29 is 9.59 Å². The van der Waals surface area contributed by atoms with Gasteiger partial charge in [-0.05, 0) is 76.0 Å². The Labute approximate surface area is 161 Å². The molecule has 26 heavy (non-hydrogen) atoms. The first kappa shape index (κ1) is 19.2. The number of halogens is 1. The maximum absolute atomic E-state index is 12.7. The molecule has 0 radical (unpaired) electrons. The van der Waals surface area contributed by atoms with Crippen LogP contribution in [0.2, 0.25) is 5.02 Å². The second kappa shape index (κ2) is 8.43. The number of piperidine rings is 1. The number of nitrogens with zero attached hydrogens (tertiary/aromatic N) is 1. The van der Waals surface area contributed by atoms with Gasteiger partial charge in [0, 0.05) is 24.9 Å². The summed E-state index contributed by atoms with van der Waals surface area (Å²) >= 11 is 6.30. The Morgan fingerprint density at radius 1 is 1.00 bits per heavy atom. The SMILES string of the molecule is Cc1cc(C)c(NC(=O)C2CCC(C(=O)N3CCCCC3)CC2)c(Cl)c1. The summed E-state index contributed by atoms with van der Waals surface area (Å²) < 4.78 is 0. The fraction of sp³-hybridized carbons (Fsp3) is 0.619. The van der Waals surface area contributed by atoms with Gasteiger partial charge in [0.05, 0.1) is 10.7 Å². The van der Waals surface area contributed by atoms with Crippen molar-refractivity contribution in [1.29, 1.82) is 0 Å². The van der Waals surface area contributed by atoms with E-state index in [1.165, 1.54) is 6.42 Å². The highest BCUT2D eigenvalue weighted by Gasteiger charge is 2.32. The zero-order chi connectivity index (χ0) is 18.7. The minimum Gasteiger partial charge on any atom is -0.342 e. The standard InChI is InChI=1S/C21H29ClN2O2/c1-14-12-15(2)19(18(22)13-14)23-20(25)16-6-8-17(9-7-16)21(26)24-10-4-3-5-11-24/h12-13,16-17H,3-11H2,1-2H3,(H,23,25). The Bertz CT molecular complexity index is 652. The van der Waals surface area contributed by atoms with Crippen LogP contribution in [0.25, 0.3) is 0 Å². The number of carbonyl (C=O) groups is 2. The van der Waals surface area contributed by atoms with Gasteiger partial charge in [0.15, 0.2) is 0 Å². The quantitative estimate of drug-likeness (QED) is 0.830. The average Bonchev–Trinajstić information content (AvgIpc) is 2.64. The van der Waals surface area contributed by atoms with E-state index in [2.05, 4.69) is 5.32 Å². The summed E-state index contributed by atoms with van der Waals surface area (Å²) in [5.41, 5.74) is 2.79. The van der Waals surface area contributed by atoms with Crippen LogP contribution in [0, 0.1) is 25.7 Å². The van der Waals surface area contributed by atoms with Crippen molar-refractivity contribution in [3.05, 3.63) is 28.3 Å². The molecule has 5 heteroatoms. The second-order valence-electron chi connectivity index (χ2n) is 7.86. The summed E-state index contributed by atoms with van der Waals surface area (Å²) in [7, 11) is 0. The Morgan fingerprint density at radius 3 is 2.23 bits per heavy atom. The molecule has 1 aliphatic heterocycles. The number of rotatable bonds is 3. The Morgan fingerprint density at radius 2 is 1.62 bits per heavy atom. The molecule has 0 aromatic heterocycles. The zero-order valence-corrected chi connectivity index (χ0v) is 16.6. The number of hydrogen-bond donors (Lipinski definition) is 1. The molecule has 0 spiro atoms. The first-order valence-electron chi connectivity index (χ1n) is 9.82. The lowest BCUT2D eigenvalue weighted by molar-refractivity contribution is -0.138. The van der Waals surface area contributed by atoms with Crippen molar-refractivity contribution in [2.45, 2.75) is 58.8 Å². The van der Waals surface area contributed by atoms with Crippen LogP contribution in [0.1, 0.15) is 56.1 Å². The number of anilines is 1. The van der Waals surface area contributed by atoms with Gasteiger partial charge in [-0.1, -0.05) is 17.7 Å². The molecule has 0 atom stereocenters. The van der Waals surface area contributed by atoms with E-state index in [9.17, 15) is 9.59 Å². The van der Waals surface area contributed by atoms with Gasteiger partial charge in [0.2, 0.25) is 11.8 Å². The molecule has 1 saturated heterocycles. The molecule has 1 N–H and O–H groups in total. The normalized spacial score (nSPS) is 23.6. The van der Waals surface area contributed by atoms with Gasteiger partial charge in [0.25, 0.3) is 0 Å². The average molecular weight is 377 g/mol. The first-order chi connectivity index (χ1) is 12.5. The lowest BCUT2D eigenvalue weighted by atomic mass is 9.80. The smallest absolute Gasteiger partial charge is 0.227 e. The van der Waals surface area contributed by atoms with E-state index in [4.69, 9.17) is 11.6 Å². The van der Waals surface area contributed by atoms with Gasteiger partial charge in [-0.3, -0.25) is 9.59 Å². The third-order valence-electron chi connectivity index (χ3n) is 5.79. The molecular weight excluding hydrogens is 348 g/mol. The van der Waals surface area contributed by atoms with E-state index in [1.54, 1.807) is 0 Å². The number of amides is 2. The first-order valence-corrected chi connectivity index (χ1v) is 10.2. The van der Waals surface area contributed by atoms with Crippen LogP contribution in [0.5, 0.6) is 0 Å². The molecule has 0 unspecified atom stereocenters. The second-order valence-corrected chi connectivity index (χ2v) is 8.27. The summed E-state index contributed by atoms with van der Waals surface area (Å²) in [6.45, 7) is 5.77. The number of nitrogens with one attached hydrogen (secondary N) is 1.